The highest BCUT2D eigenvalue weighted by molar-refractivity contribution is 7.89. The van der Waals surface area contributed by atoms with Gasteiger partial charge in [-0.3, -0.25) is 9.59 Å². The van der Waals surface area contributed by atoms with Gasteiger partial charge in [-0.05, 0) is 48.1 Å². The van der Waals surface area contributed by atoms with Crippen LogP contribution in [0.5, 0.6) is 0 Å². The smallest absolute Gasteiger partial charge is 0.251 e. The summed E-state index contributed by atoms with van der Waals surface area (Å²) < 4.78 is 27.1. The largest absolute Gasteiger partial charge is 0.366 e. The van der Waals surface area contributed by atoms with E-state index in [4.69, 9.17) is 5.73 Å². The van der Waals surface area contributed by atoms with Gasteiger partial charge in [0.1, 0.15) is 5.00 Å². The minimum absolute atomic E-state index is 0.255. The first-order valence-electron chi connectivity index (χ1n) is 9.34. The van der Waals surface area contributed by atoms with Crippen LogP contribution in [0.3, 0.4) is 0 Å². The summed E-state index contributed by atoms with van der Waals surface area (Å²) in [5.41, 5.74) is 6.21. The third-order valence-electron chi connectivity index (χ3n) is 4.68. The van der Waals surface area contributed by atoms with Crippen LogP contribution >= 0.6 is 11.3 Å². The molecule has 1 aliphatic rings. The van der Waals surface area contributed by atoms with E-state index in [0.717, 1.165) is 25.7 Å². The van der Waals surface area contributed by atoms with Crippen molar-refractivity contribution in [3.05, 3.63) is 52.9 Å². The van der Waals surface area contributed by atoms with Gasteiger partial charge in [-0.15, -0.1) is 11.3 Å². The van der Waals surface area contributed by atoms with E-state index >= 15 is 0 Å². The molecule has 29 heavy (non-hydrogen) atoms. The Kier molecular flexibility index (Phi) is 6.83. The van der Waals surface area contributed by atoms with Crippen LogP contribution in [-0.2, 0) is 14.8 Å². The van der Waals surface area contributed by atoms with Crippen LogP contribution in [-0.4, -0.2) is 37.6 Å². The van der Waals surface area contributed by atoms with E-state index in [-0.39, 0.29) is 10.5 Å². The van der Waals surface area contributed by atoms with Crippen molar-refractivity contribution in [1.29, 1.82) is 0 Å². The minimum Gasteiger partial charge on any atom is -0.366 e. The molecule has 3 N–H and O–H groups in total. The zero-order valence-electron chi connectivity index (χ0n) is 15.8. The van der Waals surface area contributed by atoms with E-state index in [1.54, 1.807) is 46.1 Å². The molecule has 3 rings (SSSR count). The molecule has 0 bridgehead atoms. The first kappa shape index (κ1) is 21.2. The van der Waals surface area contributed by atoms with Gasteiger partial charge in [-0.25, -0.2) is 8.42 Å². The molecule has 0 saturated carbocycles. The fourth-order valence-electron chi connectivity index (χ4n) is 3.11. The number of hydrogen-bond acceptors (Lipinski definition) is 5. The molecule has 9 heteroatoms. The van der Waals surface area contributed by atoms with Crippen molar-refractivity contribution >= 4 is 44.3 Å². The Morgan fingerprint density at radius 1 is 1.03 bits per heavy atom. The summed E-state index contributed by atoms with van der Waals surface area (Å²) in [6.45, 7) is 1.11. The highest BCUT2D eigenvalue weighted by Gasteiger charge is 2.24. The molecule has 1 fully saturated rings. The first-order valence-corrected chi connectivity index (χ1v) is 11.7. The van der Waals surface area contributed by atoms with Crippen molar-refractivity contribution in [3.63, 3.8) is 0 Å². The van der Waals surface area contributed by atoms with Gasteiger partial charge in [-0.2, -0.15) is 4.31 Å². The third-order valence-corrected chi connectivity index (χ3v) is 7.42. The van der Waals surface area contributed by atoms with Crippen LogP contribution in [0.15, 0.2) is 46.7 Å². The van der Waals surface area contributed by atoms with Crippen molar-refractivity contribution in [2.24, 2.45) is 5.73 Å². The molecule has 0 aliphatic carbocycles. The molecule has 0 radical (unpaired) electrons. The lowest BCUT2D eigenvalue weighted by Crippen LogP contribution is -2.31. The molecule has 7 nitrogen and oxygen atoms in total. The fraction of sp³-hybridized carbons (Fsp3) is 0.300. The van der Waals surface area contributed by atoms with Gasteiger partial charge in [0.2, 0.25) is 15.9 Å². The third kappa shape index (κ3) is 5.31. The molecular formula is C20H23N3O4S2. The van der Waals surface area contributed by atoms with E-state index in [9.17, 15) is 18.0 Å². The predicted octanol–water partition coefficient (Wildman–Crippen LogP) is 3.06. The van der Waals surface area contributed by atoms with Crippen molar-refractivity contribution in [3.8, 4) is 0 Å². The van der Waals surface area contributed by atoms with Crippen molar-refractivity contribution in [2.75, 3.05) is 18.4 Å². The summed E-state index contributed by atoms with van der Waals surface area (Å²) >= 11 is 1.21. The van der Waals surface area contributed by atoms with Crippen LogP contribution in [0.2, 0.25) is 0 Å². The van der Waals surface area contributed by atoms with Gasteiger partial charge < -0.3 is 11.1 Å². The van der Waals surface area contributed by atoms with Gasteiger partial charge in [0.15, 0.2) is 0 Å². The summed E-state index contributed by atoms with van der Waals surface area (Å²) in [6, 6.07) is 7.99. The molecule has 154 valence electrons. The number of thiophene rings is 1. The molecule has 1 aliphatic heterocycles. The second-order valence-corrected chi connectivity index (χ2v) is 9.59. The predicted molar refractivity (Wildman–Crippen MR) is 114 cm³/mol. The van der Waals surface area contributed by atoms with Crippen LogP contribution in [0.25, 0.3) is 6.08 Å². The number of nitrogens with zero attached hydrogens (tertiary/aromatic N) is 1. The second kappa shape index (κ2) is 9.34. The molecule has 1 aromatic carbocycles. The van der Waals surface area contributed by atoms with Crippen LogP contribution in [0, 0.1) is 0 Å². The van der Waals surface area contributed by atoms with Gasteiger partial charge >= 0.3 is 0 Å². The van der Waals surface area contributed by atoms with Gasteiger partial charge in [-0.1, -0.05) is 25.0 Å². The van der Waals surface area contributed by atoms with Crippen LogP contribution in [0.1, 0.15) is 41.6 Å². The molecule has 2 aromatic rings. The quantitative estimate of drug-likeness (QED) is 0.682. The highest BCUT2D eigenvalue weighted by Crippen LogP contribution is 2.23. The first-order chi connectivity index (χ1) is 13.9. The number of carbonyl (C=O) groups excluding carboxylic acids is 2. The Balaban J connectivity index is 1.66. The number of rotatable bonds is 6. The Labute approximate surface area is 174 Å². The van der Waals surface area contributed by atoms with Gasteiger partial charge in [0.25, 0.3) is 5.91 Å². The van der Waals surface area contributed by atoms with Crippen LogP contribution < -0.4 is 11.1 Å². The van der Waals surface area contributed by atoms with Gasteiger partial charge in [0, 0.05) is 19.2 Å². The molecule has 2 amide bonds. The number of nitrogens with one attached hydrogen (secondary N) is 1. The molecule has 1 aromatic heterocycles. The van der Waals surface area contributed by atoms with Crippen molar-refractivity contribution in [2.45, 2.75) is 30.6 Å². The topological polar surface area (TPSA) is 110 Å². The number of hydrogen-bond donors (Lipinski definition) is 2. The summed E-state index contributed by atoms with van der Waals surface area (Å²) in [4.78, 5) is 23.6. The average molecular weight is 434 g/mol. The molecule has 0 unspecified atom stereocenters. The van der Waals surface area contributed by atoms with E-state index in [2.05, 4.69) is 5.32 Å². The Hall–Kier alpha value is -2.49. The number of primary amides is 1. The standard InChI is InChI=1S/C20H23N3O4S2/c21-19(25)17-11-14-28-20(17)22-18(24)10-7-15-5-8-16(9-6-15)29(26,27)23-12-3-1-2-4-13-23/h5-11,14H,1-4,12-13H2,(H2,21,25)(H,22,24). The number of benzene rings is 1. The van der Waals surface area contributed by atoms with Crippen LogP contribution in [0.4, 0.5) is 5.00 Å². The van der Waals surface area contributed by atoms with Crippen molar-refractivity contribution in [1.82, 2.24) is 4.31 Å². The number of anilines is 1. The summed E-state index contributed by atoms with van der Waals surface area (Å²) in [7, 11) is -3.49. The number of sulfonamides is 1. The van der Waals surface area contributed by atoms with E-state index in [0.29, 0.717) is 23.7 Å². The fourth-order valence-corrected chi connectivity index (χ4v) is 5.42. The Morgan fingerprint density at radius 3 is 2.31 bits per heavy atom. The maximum Gasteiger partial charge on any atom is 0.251 e. The normalized spacial score (nSPS) is 15.9. The van der Waals surface area contributed by atoms with E-state index in [1.807, 2.05) is 0 Å². The Bertz CT molecular complexity index is 1000. The summed E-state index contributed by atoms with van der Waals surface area (Å²) in [6.07, 6.45) is 6.79. The van der Waals surface area contributed by atoms with E-state index < -0.39 is 21.8 Å². The number of amides is 2. The highest BCUT2D eigenvalue weighted by atomic mass is 32.2. The maximum absolute atomic E-state index is 12.8. The Morgan fingerprint density at radius 2 is 1.69 bits per heavy atom. The molecular weight excluding hydrogens is 410 g/mol. The number of nitrogens with two attached hydrogens (primary N) is 1. The lowest BCUT2D eigenvalue weighted by molar-refractivity contribution is -0.111. The van der Waals surface area contributed by atoms with E-state index in [1.165, 1.54) is 17.4 Å². The zero-order chi connectivity index (χ0) is 20.9. The SMILES string of the molecule is NC(=O)c1ccsc1NC(=O)C=Cc1ccc(S(=O)(=O)N2CCCCCC2)cc1. The molecule has 2 heterocycles. The lowest BCUT2D eigenvalue weighted by Gasteiger charge is -2.19. The zero-order valence-corrected chi connectivity index (χ0v) is 17.5. The van der Waals surface area contributed by atoms with Crippen molar-refractivity contribution < 1.29 is 18.0 Å². The summed E-state index contributed by atoms with van der Waals surface area (Å²) in [5, 5.41) is 4.68. The number of carbonyl (C=O) groups is 2. The second-order valence-electron chi connectivity index (χ2n) is 6.74. The molecule has 0 spiro atoms. The van der Waals surface area contributed by atoms with Gasteiger partial charge in [0.05, 0.1) is 10.5 Å². The lowest BCUT2D eigenvalue weighted by atomic mass is 10.2. The summed E-state index contributed by atoms with van der Waals surface area (Å²) in [5.74, 6) is -1.01. The monoisotopic (exact) mass is 433 g/mol. The average Bonchev–Trinajstić information content (AvgIpc) is 2.98. The molecule has 1 saturated heterocycles. The maximum atomic E-state index is 12.8. The minimum atomic E-state index is -3.49. The molecule has 0 atom stereocenters.